The number of nitrogens with one attached hydrogen (secondary N) is 3. The number of ether oxygens (including phenoxy) is 4. The number of aryl methyl sites for hydroxylation is 4. The van der Waals surface area contributed by atoms with E-state index in [1.807, 2.05) is 37.3 Å². The Morgan fingerprint density at radius 1 is 0.505 bits per heavy atom. The van der Waals surface area contributed by atoms with E-state index in [0.29, 0.717) is 107 Å². The van der Waals surface area contributed by atoms with E-state index in [1.165, 1.54) is 72.3 Å². The molecule has 107 heavy (non-hydrogen) atoms. The van der Waals surface area contributed by atoms with Crippen molar-refractivity contribution < 1.29 is 74.3 Å². The van der Waals surface area contributed by atoms with E-state index in [0.717, 1.165) is 35.1 Å². The summed E-state index contributed by atoms with van der Waals surface area (Å²) in [5.41, 5.74) is 8.40. The predicted molar refractivity (Wildman–Crippen MR) is 386 cm³/mol. The largest absolute Gasteiger partial charge is 0.487 e. The molecule has 0 aliphatic rings. The standard InChI is InChI=1S/C25H23ClF3N5O3.2C25H23ClF2N4O3/c1-13-7-18(24-30-12-31-34(24)3)16-5-4-6-21(23(16)32-13)36-10-19-17(8-15(27)9-20(19)26)14(2)33-22(35)11-37-25(28)29;2*1-13-7-22(32-11-17(28)10-29-32)18-5-4-6-23(24(18)30-13)35-12-20-19(8-16(27)9-21(20)26)14(2)31-25(34)15(3)33/h4-9,12,14,25H,10-11H2,1-3H3,(H,33,35);2*4-11,14-15,33H,12H2,1-3H3,(H,31,34)/t14-;14-,15+;14-,15-/m000/s1. The van der Waals surface area contributed by atoms with Gasteiger partial charge in [0.05, 0.1) is 69.4 Å². The zero-order valence-corrected chi connectivity index (χ0v) is 60.8. The number of carbonyl (C=O) groups excluding carboxylic acids is 3. The van der Waals surface area contributed by atoms with Gasteiger partial charge in [0.2, 0.25) is 17.7 Å². The van der Waals surface area contributed by atoms with Crippen molar-refractivity contribution in [2.45, 2.75) is 112 Å². The Labute approximate surface area is 622 Å². The maximum absolute atomic E-state index is 14.2. The van der Waals surface area contributed by atoms with Crippen LogP contribution in [0.3, 0.4) is 0 Å². The lowest BCUT2D eigenvalue weighted by atomic mass is 10.0. The van der Waals surface area contributed by atoms with E-state index in [9.17, 15) is 55.3 Å². The Kier molecular flexibility index (Phi) is 25.5. The van der Waals surface area contributed by atoms with Crippen LogP contribution in [0.2, 0.25) is 15.1 Å². The molecule has 0 saturated heterocycles. The molecule has 3 amide bonds. The highest BCUT2D eigenvalue weighted by atomic mass is 35.5. The Morgan fingerprint density at radius 3 is 1.23 bits per heavy atom. The van der Waals surface area contributed by atoms with Crippen LogP contribution in [0.25, 0.3) is 55.5 Å². The molecule has 0 radical (unpaired) electrons. The van der Waals surface area contributed by atoms with Crippen molar-refractivity contribution in [3.63, 3.8) is 0 Å². The molecular formula is C75H69Cl3F7N13O9. The average Bonchev–Trinajstić information content (AvgIpc) is 1.78. The highest BCUT2D eigenvalue weighted by molar-refractivity contribution is 6.32. The van der Waals surface area contributed by atoms with Gasteiger partial charge in [-0.15, -0.1) is 0 Å². The van der Waals surface area contributed by atoms with Crippen molar-refractivity contribution >= 4 is 85.2 Å². The van der Waals surface area contributed by atoms with Crippen LogP contribution in [0.4, 0.5) is 30.7 Å². The molecule has 0 aliphatic carbocycles. The number of pyridine rings is 3. The van der Waals surface area contributed by atoms with Gasteiger partial charge < -0.3 is 45.1 Å². The van der Waals surface area contributed by atoms with Gasteiger partial charge in [-0.3, -0.25) is 14.4 Å². The maximum atomic E-state index is 14.2. The summed E-state index contributed by atoms with van der Waals surface area (Å²) in [5, 5.41) is 41.6. The smallest absolute Gasteiger partial charge is 0.345 e. The Balaban J connectivity index is 0.000000172. The first-order valence-electron chi connectivity index (χ1n) is 32.9. The zero-order valence-electron chi connectivity index (χ0n) is 58.6. The monoisotopic (exact) mass is 1530 g/mol. The number of aromatic nitrogens is 10. The fourth-order valence-electron chi connectivity index (χ4n) is 11.6. The fraction of sp³-hybridized carbons (Fsp3) is 0.253. The lowest BCUT2D eigenvalue weighted by Crippen LogP contribution is -2.35. The Morgan fingerprint density at radius 2 is 0.879 bits per heavy atom. The summed E-state index contributed by atoms with van der Waals surface area (Å²) in [6, 6.07) is 26.8. The van der Waals surface area contributed by atoms with Gasteiger partial charge in [0.15, 0.2) is 17.5 Å². The van der Waals surface area contributed by atoms with E-state index >= 15 is 0 Å². The Hall–Kier alpha value is -10.8. The molecule has 0 bridgehead atoms. The van der Waals surface area contributed by atoms with Crippen LogP contribution in [0.1, 0.15) is 103 Å². The first kappa shape index (κ1) is 78.8. The van der Waals surface area contributed by atoms with Crippen LogP contribution in [0, 0.1) is 49.9 Å². The van der Waals surface area contributed by atoms with Crippen LogP contribution in [0.5, 0.6) is 17.2 Å². The molecule has 0 saturated carbocycles. The van der Waals surface area contributed by atoms with Crippen molar-refractivity contribution in [1.82, 2.24) is 65.2 Å². The molecule has 32 heteroatoms. The second-order valence-corrected chi connectivity index (χ2v) is 25.9. The summed E-state index contributed by atoms with van der Waals surface area (Å²) < 4.78 is 121. The first-order valence-corrected chi connectivity index (χ1v) is 34.0. The summed E-state index contributed by atoms with van der Waals surface area (Å²) in [5.74, 6) is -2.66. The van der Waals surface area contributed by atoms with Crippen molar-refractivity contribution in [2.24, 2.45) is 7.05 Å². The third-order valence-electron chi connectivity index (χ3n) is 16.6. The van der Waals surface area contributed by atoms with E-state index in [2.05, 4.69) is 55.9 Å². The lowest BCUT2D eigenvalue weighted by Gasteiger charge is -2.21. The number of fused-ring (bicyclic) bond motifs is 3. The molecule has 6 heterocycles. The van der Waals surface area contributed by atoms with Gasteiger partial charge in [-0.2, -0.15) is 24.1 Å². The number of hydrogen-bond donors (Lipinski definition) is 5. The van der Waals surface area contributed by atoms with Gasteiger partial charge in [-0.25, -0.2) is 55.9 Å². The first-order chi connectivity index (χ1) is 50.9. The second kappa shape index (κ2) is 34.6. The summed E-state index contributed by atoms with van der Waals surface area (Å²) in [4.78, 5) is 54.1. The minimum atomic E-state index is -3.08. The minimum Gasteiger partial charge on any atom is -0.487 e. The molecular weight excluding hydrogens is 1470 g/mol. The van der Waals surface area contributed by atoms with Crippen LogP contribution < -0.4 is 30.2 Å². The molecule has 0 unspecified atom stereocenters. The lowest BCUT2D eigenvalue weighted by molar-refractivity contribution is -0.152. The summed E-state index contributed by atoms with van der Waals surface area (Å²) in [6.45, 7) is 8.97. The molecule has 5 N–H and O–H groups in total. The maximum Gasteiger partial charge on any atom is 0.345 e. The molecule has 12 rings (SSSR count). The van der Waals surface area contributed by atoms with E-state index < -0.39 is 90.4 Å². The summed E-state index contributed by atoms with van der Waals surface area (Å²) in [6.07, 6.45) is 3.82. The third kappa shape index (κ3) is 19.3. The zero-order chi connectivity index (χ0) is 77.2. The number of alkyl halides is 2. The average molecular weight is 1540 g/mol. The number of nitrogens with zero attached hydrogens (tertiary/aromatic N) is 10. The van der Waals surface area contributed by atoms with Gasteiger partial charge in [0, 0.05) is 62.5 Å². The molecule has 0 fully saturated rings. The molecule has 12 aromatic rings. The van der Waals surface area contributed by atoms with Gasteiger partial charge >= 0.3 is 6.61 Å². The fourth-order valence-corrected chi connectivity index (χ4v) is 12.4. The topological polar surface area (TPSA) is 270 Å². The van der Waals surface area contributed by atoms with Crippen molar-refractivity contribution in [2.75, 3.05) is 6.61 Å². The summed E-state index contributed by atoms with van der Waals surface area (Å²) in [7, 11) is 1.79. The molecule has 0 aliphatic heterocycles. The normalized spacial score (nSPS) is 12.7. The molecule has 0 spiro atoms. The number of rotatable bonds is 23. The highest BCUT2D eigenvalue weighted by Gasteiger charge is 2.26. The van der Waals surface area contributed by atoms with Crippen LogP contribution in [-0.4, -0.2) is 103 Å². The third-order valence-corrected chi connectivity index (χ3v) is 17.6. The predicted octanol–water partition coefficient (Wildman–Crippen LogP) is 14.7. The molecule has 5 atom stereocenters. The van der Waals surface area contributed by atoms with Gasteiger partial charge in [0.1, 0.15) is 96.2 Å². The van der Waals surface area contributed by atoms with E-state index in [4.69, 9.17) is 49.0 Å². The van der Waals surface area contributed by atoms with E-state index in [-0.39, 0.29) is 34.9 Å². The number of halogens is 10. The number of amides is 3. The molecule has 558 valence electrons. The molecule has 22 nitrogen and oxygen atoms in total. The number of para-hydroxylation sites is 3. The summed E-state index contributed by atoms with van der Waals surface area (Å²) >= 11 is 19.0. The van der Waals surface area contributed by atoms with Crippen molar-refractivity contribution in [3.05, 3.63) is 235 Å². The second-order valence-electron chi connectivity index (χ2n) is 24.7. The highest BCUT2D eigenvalue weighted by Crippen LogP contribution is 2.38. The van der Waals surface area contributed by atoms with Crippen molar-refractivity contribution in [1.29, 1.82) is 0 Å². The quantitative estimate of drug-likeness (QED) is 0.0373. The number of aliphatic hydroxyl groups is 2. The number of carbonyl (C=O) groups is 3. The van der Waals surface area contributed by atoms with E-state index in [1.54, 1.807) is 88.8 Å². The van der Waals surface area contributed by atoms with Gasteiger partial charge in [-0.1, -0.05) is 71.2 Å². The number of aliphatic hydroxyl groups excluding tert-OH is 2. The van der Waals surface area contributed by atoms with Crippen molar-refractivity contribution in [3.8, 4) is 40.0 Å². The van der Waals surface area contributed by atoms with Crippen LogP contribution >= 0.6 is 34.8 Å². The number of benzene rings is 6. The van der Waals surface area contributed by atoms with Gasteiger partial charge in [0.25, 0.3) is 0 Å². The van der Waals surface area contributed by atoms with Crippen LogP contribution in [-0.2, 0) is 46.0 Å². The molecule has 6 aromatic carbocycles. The van der Waals surface area contributed by atoms with Crippen LogP contribution in [0.15, 0.2) is 140 Å². The SMILES string of the molecule is Cc1cc(-c2ncnn2C)c2cccc(OCc3c(Cl)cc(F)cc3[C@H](C)NC(=O)COC(F)F)c2n1.Cc1cc(-n2cc(F)cn2)c2cccc(OCc3c(Cl)cc(F)cc3[C@H](C)NC(=O)[C@@H](C)O)c2n1.Cc1cc(-n2cc(F)cn2)c2cccc(OCc3c(Cl)cc(F)cc3[C@H](C)NC(=O)[C@H](C)O)c2n1. The minimum absolute atomic E-state index is 0.0379. The van der Waals surface area contributed by atoms with Gasteiger partial charge in [-0.05, 0) is 145 Å². The number of hydrogen-bond acceptors (Lipinski definition) is 16. The molecule has 6 aromatic heterocycles. The Bertz CT molecular complexity index is 5070.